The summed E-state index contributed by atoms with van der Waals surface area (Å²) in [7, 11) is 0. The average Bonchev–Trinajstić information content (AvgIpc) is 2.96. The van der Waals surface area contributed by atoms with E-state index < -0.39 is 27.8 Å². The Hall–Kier alpha value is -3.53. The van der Waals surface area contributed by atoms with Gasteiger partial charge in [0.1, 0.15) is 6.17 Å². The highest BCUT2D eigenvalue weighted by molar-refractivity contribution is 7.80. The minimum atomic E-state index is -2.04. The maximum Gasteiger partial charge on any atom is 0.250 e. The molecule has 0 aliphatic rings. The Morgan fingerprint density at radius 3 is 2.24 bits per heavy atom. The molecule has 0 aliphatic heterocycles. The van der Waals surface area contributed by atoms with Gasteiger partial charge in [0.2, 0.25) is 9.70 Å². The third-order valence-electron chi connectivity index (χ3n) is 6.00. The van der Waals surface area contributed by atoms with Crippen LogP contribution < -0.4 is 21.3 Å². The van der Waals surface area contributed by atoms with E-state index in [1.54, 1.807) is 30.5 Å². The number of thiocarbonyl (C=S) groups is 1. The lowest BCUT2D eigenvalue weighted by molar-refractivity contribution is -0.119. The fourth-order valence-corrected chi connectivity index (χ4v) is 4.67. The average molecular weight is 643 g/mol. The van der Waals surface area contributed by atoms with Gasteiger partial charge in [0.05, 0.1) is 17.2 Å². The van der Waals surface area contributed by atoms with Gasteiger partial charge in [0.25, 0.3) is 5.91 Å². The van der Waals surface area contributed by atoms with Gasteiger partial charge in [0, 0.05) is 17.7 Å². The smallest absolute Gasteiger partial charge is 0.250 e. The molecule has 1 aromatic heterocycles. The summed E-state index contributed by atoms with van der Waals surface area (Å²) in [5, 5.41) is 6.08. The number of carbonyl (C=O) groups is 2. The van der Waals surface area contributed by atoms with Crippen LogP contribution in [0, 0.1) is 0 Å². The number of benzene rings is 3. The van der Waals surface area contributed by atoms with Crippen LogP contribution >= 0.6 is 47.0 Å². The Morgan fingerprint density at radius 1 is 0.929 bits per heavy atom. The largest absolute Gasteiger partial charge is 0.338 e. The summed E-state index contributed by atoms with van der Waals surface area (Å²) >= 11 is 24.4. The van der Waals surface area contributed by atoms with Crippen molar-refractivity contribution in [1.29, 1.82) is 0 Å². The fourth-order valence-electron chi connectivity index (χ4n) is 4.03. The molecule has 11 heteroatoms. The first-order valence-corrected chi connectivity index (χ1v) is 14.1. The van der Waals surface area contributed by atoms with Gasteiger partial charge >= 0.3 is 0 Å². The van der Waals surface area contributed by atoms with Gasteiger partial charge in [-0.25, -0.2) is 0 Å². The number of hydrogen-bond acceptors (Lipinski definition) is 5. The molecule has 0 aliphatic carbocycles. The molecule has 218 valence electrons. The van der Waals surface area contributed by atoms with E-state index in [0.29, 0.717) is 11.2 Å². The highest BCUT2D eigenvalue weighted by Crippen LogP contribution is 2.30. The van der Waals surface area contributed by atoms with Crippen molar-refractivity contribution in [1.82, 2.24) is 15.6 Å². The van der Waals surface area contributed by atoms with Crippen LogP contribution in [-0.2, 0) is 16.0 Å². The van der Waals surface area contributed by atoms with Crippen LogP contribution in [0.2, 0.25) is 0 Å². The molecule has 1 unspecified atom stereocenters. The van der Waals surface area contributed by atoms with E-state index in [4.69, 9.17) is 52.8 Å². The van der Waals surface area contributed by atoms with Gasteiger partial charge in [-0.05, 0) is 48.0 Å². The quantitative estimate of drug-likeness (QED) is 0.0920. The summed E-state index contributed by atoms with van der Waals surface area (Å²) in [6, 6.07) is 26.6. The molecular weight excluding hydrogens is 613 g/mol. The second kappa shape index (κ2) is 15.1. The molecule has 0 saturated heterocycles. The summed E-state index contributed by atoms with van der Waals surface area (Å²) in [5.74, 6) is -1.06. The molecule has 2 amide bonds. The van der Waals surface area contributed by atoms with Crippen molar-refractivity contribution in [2.24, 2.45) is 5.73 Å². The van der Waals surface area contributed by atoms with Gasteiger partial charge in [0.15, 0.2) is 5.11 Å². The zero-order chi connectivity index (χ0) is 29.4. The molecule has 4 rings (SSSR count). The van der Waals surface area contributed by atoms with E-state index in [2.05, 4.69) is 15.6 Å². The van der Waals surface area contributed by atoms with Crippen molar-refractivity contribution in [3.63, 3.8) is 0 Å². The number of carbonyl (C=O) groups excluding carboxylic acids is 2. The number of alkyl halides is 3. The van der Waals surface area contributed by atoms with E-state index in [9.17, 15) is 9.59 Å². The third kappa shape index (κ3) is 8.74. The van der Waals surface area contributed by atoms with Crippen molar-refractivity contribution in [3.8, 4) is 0 Å². The van der Waals surface area contributed by atoms with Gasteiger partial charge in [-0.2, -0.15) is 0 Å². The van der Waals surface area contributed by atoms with Crippen LogP contribution in [-0.4, -0.2) is 37.9 Å². The number of fused-ring (bicyclic) bond motifs is 1. The highest BCUT2D eigenvalue weighted by atomic mass is 35.6. The Bertz CT molecular complexity index is 1540. The number of anilines is 1. The zero-order valence-electron chi connectivity index (χ0n) is 21.6. The molecule has 7 nitrogen and oxygen atoms in total. The molecule has 3 aromatic carbocycles. The highest BCUT2D eigenvalue weighted by Gasteiger charge is 2.37. The minimum Gasteiger partial charge on any atom is -0.338 e. The van der Waals surface area contributed by atoms with Crippen molar-refractivity contribution in [3.05, 3.63) is 114 Å². The molecule has 1 heterocycles. The number of nitrogens with two attached hydrogens (primary N) is 1. The molecule has 0 saturated carbocycles. The van der Waals surface area contributed by atoms with Crippen molar-refractivity contribution < 1.29 is 9.59 Å². The number of halogens is 3. The number of nitrogens with one attached hydrogen (secondary N) is 2. The van der Waals surface area contributed by atoms with Gasteiger partial charge in [-0.1, -0.05) is 121 Å². The molecule has 42 heavy (non-hydrogen) atoms. The van der Waals surface area contributed by atoms with Crippen molar-refractivity contribution >= 4 is 86.6 Å². The monoisotopic (exact) mass is 641 g/mol. The lowest BCUT2D eigenvalue weighted by Gasteiger charge is -2.32. The number of nitrogens with zero attached hydrogens (tertiary/aromatic N) is 2. The Balaban J connectivity index is 0.00000484. The second-order valence-corrected chi connectivity index (χ2v) is 11.8. The van der Waals surface area contributed by atoms with Crippen LogP contribution in [0.4, 0.5) is 5.69 Å². The summed E-state index contributed by atoms with van der Waals surface area (Å²) in [5.41, 5.74) is 8.99. The second-order valence-electron chi connectivity index (χ2n) is 9.00. The molecule has 2 atom stereocenters. The van der Waals surface area contributed by atoms with Crippen LogP contribution in [0.15, 0.2) is 103 Å². The summed E-state index contributed by atoms with van der Waals surface area (Å²) in [6.45, 7) is 0. The van der Waals surface area contributed by atoms with E-state index >= 15 is 0 Å². The van der Waals surface area contributed by atoms with Gasteiger partial charge in [-0.3, -0.25) is 19.5 Å². The Morgan fingerprint density at radius 2 is 1.57 bits per heavy atom. The summed E-state index contributed by atoms with van der Waals surface area (Å²) < 4.78 is -2.04. The molecule has 0 bridgehead atoms. The SMILES string of the molecule is C.N[C@@H](Cc1ccccc1)C(=O)N(C(=S)NC(NC(=O)/C=C/c1ccccc1)C(Cl)(Cl)Cl)c1cccc2cccnc12. The minimum absolute atomic E-state index is 0. The third-order valence-corrected chi connectivity index (χ3v) is 6.95. The lowest BCUT2D eigenvalue weighted by Crippen LogP contribution is -2.60. The Kier molecular flexibility index (Phi) is 11.8. The first-order valence-electron chi connectivity index (χ1n) is 12.5. The van der Waals surface area contributed by atoms with Crippen molar-refractivity contribution in [2.45, 2.75) is 29.8 Å². The number of amides is 2. The fraction of sp³-hybridized carbons (Fsp3) is 0.161. The van der Waals surface area contributed by atoms with E-state index in [1.807, 2.05) is 72.8 Å². The van der Waals surface area contributed by atoms with Gasteiger partial charge in [-0.15, -0.1) is 0 Å². The van der Waals surface area contributed by atoms with Crippen LogP contribution in [0.25, 0.3) is 17.0 Å². The number of rotatable bonds is 8. The van der Waals surface area contributed by atoms with Crippen LogP contribution in [0.3, 0.4) is 0 Å². The first kappa shape index (κ1) is 33.0. The van der Waals surface area contributed by atoms with Crippen molar-refractivity contribution in [2.75, 3.05) is 4.90 Å². The van der Waals surface area contributed by atoms with E-state index in [-0.39, 0.29) is 19.0 Å². The van der Waals surface area contributed by atoms with Gasteiger partial charge < -0.3 is 16.4 Å². The van der Waals surface area contributed by atoms with E-state index in [0.717, 1.165) is 16.5 Å². The van der Waals surface area contributed by atoms with Crippen LogP contribution in [0.5, 0.6) is 0 Å². The molecule has 0 spiro atoms. The molecule has 0 radical (unpaired) electrons. The number of para-hydroxylation sites is 1. The predicted molar refractivity (Wildman–Crippen MR) is 178 cm³/mol. The molecule has 0 fully saturated rings. The Labute approximate surface area is 265 Å². The lowest BCUT2D eigenvalue weighted by atomic mass is 10.0. The zero-order valence-corrected chi connectivity index (χ0v) is 24.7. The number of pyridine rings is 1. The summed E-state index contributed by atoms with van der Waals surface area (Å²) in [6.07, 6.45) is 3.47. The maximum atomic E-state index is 13.9. The molecule has 4 N–H and O–H groups in total. The standard InChI is InChI=1S/C30H26Cl3N5O2S.CH4/c31-30(32,33)28(36-25(39)17-16-20-9-3-1-4-10-20)37-29(41)38(24-15-7-13-22-14-8-18-35-26(22)24)27(40)23(34)19-21-11-5-2-6-12-21;/h1-18,23,28H,19,34H2,(H,36,39)(H,37,41);1H4/b17-16+;/t23-,28?;/m0./s1. The van der Waals surface area contributed by atoms with Crippen LogP contribution in [0.1, 0.15) is 18.6 Å². The first-order chi connectivity index (χ1) is 19.6. The molecular formula is C31H30Cl3N5O2S. The predicted octanol–water partition coefficient (Wildman–Crippen LogP) is 6.17. The topological polar surface area (TPSA) is 100 Å². The number of hydrogen-bond donors (Lipinski definition) is 3. The normalized spacial score (nSPS) is 12.7. The molecule has 4 aromatic rings. The van der Waals surface area contributed by atoms with E-state index in [1.165, 1.54) is 11.0 Å². The number of aromatic nitrogens is 1. The summed E-state index contributed by atoms with van der Waals surface area (Å²) in [4.78, 5) is 32.3. The maximum absolute atomic E-state index is 13.9.